The zero-order valence-electron chi connectivity index (χ0n) is 13.3. The van der Waals surface area contributed by atoms with Gasteiger partial charge in [-0.05, 0) is 24.3 Å². The summed E-state index contributed by atoms with van der Waals surface area (Å²) in [5.74, 6) is -0.616. The van der Waals surface area contributed by atoms with Crippen LogP contribution in [0.5, 0.6) is 0 Å². The van der Waals surface area contributed by atoms with Crippen molar-refractivity contribution in [2.45, 2.75) is 13.0 Å². The fourth-order valence-corrected chi connectivity index (χ4v) is 2.80. The SMILES string of the molecule is CC(=O)c1ccc2ncc(C(N)c3cc4cccnc4cc3F)n2n1. The van der Waals surface area contributed by atoms with Crippen LogP contribution in [0, 0.1) is 5.82 Å². The summed E-state index contributed by atoms with van der Waals surface area (Å²) < 4.78 is 16.0. The fraction of sp³-hybridized carbons (Fsp3) is 0.111. The summed E-state index contributed by atoms with van der Waals surface area (Å²) >= 11 is 0. The normalized spacial score (nSPS) is 12.6. The van der Waals surface area contributed by atoms with E-state index in [2.05, 4.69) is 15.1 Å². The van der Waals surface area contributed by atoms with Gasteiger partial charge in [0.05, 0.1) is 23.4 Å². The summed E-state index contributed by atoms with van der Waals surface area (Å²) in [5, 5.41) is 5.06. The molecule has 4 rings (SSSR count). The Morgan fingerprint density at radius 2 is 2.08 bits per heavy atom. The van der Waals surface area contributed by atoms with E-state index in [0.29, 0.717) is 28.1 Å². The van der Waals surface area contributed by atoms with E-state index >= 15 is 0 Å². The second kappa shape index (κ2) is 5.71. The number of carbonyl (C=O) groups excluding carboxylic acids is 1. The average Bonchev–Trinajstić information content (AvgIpc) is 3.03. The molecular formula is C18H14FN5O. The lowest BCUT2D eigenvalue weighted by molar-refractivity contribution is 0.101. The van der Waals surface area contributed by atoms with Crippen LogP contribution in [0.2, 0.25) is 0 Å². The number of fused-ring (bicyclic) bond motifs is 2. The zero-order chi connectivity index (χ0) is 17.6. The van der Waals surface area contributed by atoms with Crippen molar-refractivity contribution in [2.24, 2.45) is 5.73 Å². The maximum absolute atomic E-state index is 14.5. The predicted molar refractivity (Wildman–Crippen MR) is 90.7 cm³/mol. The summed E-state index contributed by atoms with van der Waals surface area (Å²) in [6, 6.07) is 9.17. The predicted octanol–water partition coefficient (Wildman–Crippen LogP) is 2.67. The van der Waals surface area contributed by atoms with Crippen LogP contribution in [-0.4, -0.2) is 25.4 Å². The molecule has 1 aromatic carbocycles. The minimum atomic E-state index is -0.783. The Morgan fingerprint density at radius 1 is 1.24 bits per heavy atom. The lowest BCUT2D eigenvalue weighted by Crippen LogP contribution is -2.17. The van der Waals surface area contributed by atoms with Gasteiger partial charge in [0.1, 0.15) is 11.5 Å². The van der Waals surface area contributed by atoms with E-state index in [1.54, 1.807) is 36.7 Å². The second-order valence-corrected chi connectivity index (χ2v) is 5.78. The molecule has 25 heavy (non-hydrogen) atoms. The first-order valence-electron chi connectivity index (χ1n) is 7.70. The van der Waals surface area contributed by atoms with Crippen molar-refractivity contribution < 1.29 is 9.18 Å². The van der Waals surface area contributed by atoms with Crippen LogP contribution < -0.4 is 5.73 Å². The summed E-state index contributed by atoms with van der Waals surface area (Å²) in [4.78, 5) is 19.9. The van der Waals surface area contributed by atoms with Crippen LogP contribution in [0.1, 0.15) is 34.7 Å². The van der Waals surface area contributed by atoms with Gasteiger partial charge in [-0.15, -0.1) is 0 Å². The zero-order valence-corrected chi connectivity index (χ0v) is 13.3. The van der Waals surface area contributed by atoms with E-state index in [4.69, 9.17) is 5.73 Å². The first-order valence-corrected chi connectivity index (χ1v) is 7.70. The van der Waals surface area contributed by atoms with Crippen molar-refractivity contribution in [3.8, 4) is 0 Å². The van der Waals surface area contributed by atoms with Gasteiger partial charge in [0.2, 0.25) is 0 Å². The minimum absolute atomic E-state index is 0.168. The molecule has 3 heterocycles. The van der Waals surface area contributed by atoms with Gasteiger partial charge in [-0.3, -0.25) is 9.78 Å². The third-order valence-electron chi connectivity index (χ3n) is 4.12. The number of aromatic nitrogens is 4. The molecule has 0 aliphatic carbocycles. The lowest BCUT2D eigenvalue weighted by Gasteiger charge is -2.13. The number of nitrogens with two attached hydrogens (primary N) is 1. The molecule has 124 valence electrons. The largest absolute Gasteiger partial charge is 0.319 e. The second-order valence-electron chi connectivity index (χ2n) is 5.78. The van der Waals surface area contributed by atoms with Gasteiger partial charge in [0, 0.05) is 30.1 Å². The van der Waals surface area contributed by atoms with Gasteiger partial charge in [0.15, 0.2) is 11.4 Å². The van der Waals surface area contributed by atoms with E-state index in [-0.39, 0.29) is 5.78 Å². The van der Waals surface area contributed by atoms with Gasteiger partial charge in [-0.25, -0.2) is 13.9 Å². The number of Topliss-reactive ketones (excluding diaryl/α,β-unsaturated/α-hetero) is 1. The Kier molecular flexibility index (Phi) is 3.51. The lowest BCUT2D eigenvalue weighted by atomic mass is 10.0. The average molecular weight is 335 g/mol. The van der Waals surface area contributed by atoms with Crippen molar-refractivity contribution >= 4 is 22.3 Å². The van der Waals surface area contributed by atoms with Crippen LogP contribution in [-0.2, 0) is 0 Å². The number of imidazole rings is 1. The van der Waals surface area contributed by atoms with Gasteiger partial charge in [-0.2, -0.15) is 5.10 Å². The van der Waals surface area contributed by atoms with Crippen LogP contribution in [0.25, 0.3) is 16.6 Å². The summed E-state index contributed by atoms with van der Waals surface area (Å²) in [5.41, 5.74) is 8.51. The molecule has 0 saturated carbocycles. The number of ketones is 1. The van der Waals surface area contributed by atoms with Crippen LogP contribution in [0.4, 0.5) is 4.39 Å². The number of carbonyl (C=O) groups is 1. The molecule has 0 fully saturated rings. The van der Waals surface area contributed by atoms with E-state index in [0.717, 1.165) is 5.39 Å². The minimum Gasteiger partial charge on any atom is -0.319 e. The number of benzene rings is 1. The first kappa shape index (κ1) is 15.3. The Balaban J connectivity index is 1.87. The highest BCUT2D eigenvalue weighted by Crippen LogP contribution is 2.26. The first-order chi connectivity index (χ1) is 12.0. The maximum atomic E-state index is 14.5. The molecule has 0 saturated heterocycles. The molecule has 0 bridgehead atoms. The molecule has 0 spiro atoms. The highest BCUT2D eigenvalue weighted by Gasteiger charge is 2.20. The van der Waals surface area contributed by atoms with E-state index in [9.17, 15) is 9.18 Å². The molecule has 4 aromatic rings. The smallest absolute Gasteiger partial charge is 0.179 e. The molecule has 0 aliphatic rings. The molecule has 1 atom stereocenters. The molecule has 0 amide bonds. The number of rotatable bonds is 3. The monoisotopic (exact) mass is 335 g/mol. The van der Waals surface area contributed by atoms with E-state index < -0.39 is 11.9 Å². The number of pyridine rings is 1. The van der Waals surface area contributed by atoms with Crippen molar-refractivity contribution in [1.82, 2.24) is 19.6 Å². The van der Waals surface area contributed by atoms with Gasteiger partial charge in [-0.1, -0.05) is 6.07 Å². The van der Waals surface area contributed by atoms with Crippen molar-refractivity contribution in [3.05, 3.63) is 71.6 Å². The van der Waals surface area contributed by atoms with Crippen molar-refractivity contribution in [1.29, 1.82) is 0 Å². The van der Waals surface area contributed by atoms with Gasteiger partial charge in [0.25, 0.3) is 0 Å². The maximum Gasteiger partial charge on any atom is 0.179 e. The number of nitrogens with zero attached hydrogens (tertiary/aromatic N) is 4. The Labute approximate surface area is 142 Å². The quantitative estimate of drug-likeness (QED) is 0.582. The molecule has 0 aliphatic heterocycles. The third kappa shape index (κ3) is 2.54. The van der Waals surface area contributed by atoms with Gasteiger partial charge < -0.3 is 5.73 Å². The molecule has 3 aromatic heterocycles. The van der Waals surface area contributed by atoms with Crippen LogP contribution >= 0.6 is 0 Å². The van der Waals surface area contributed by atoms with Crippen LogP contribution in [0.3, 0.4) is 0 Å². The summed E-state index contributed by atoms with van der Waals surface area (Å²) in [6.07, 6.45) is 3.16. The third-order valence-corrected chi connectivity index (χ3v) is 4.12. The Hall–Kier alpha value is -3.19. The number of hydrogen-bond acceptors (Lipinski definition) is 5. The van der Waals surface area contributed by atoms with Crippen molar-refractivity contribution in [3.63, 3.8) is 0 Å². The highest BCUT2D eigenvalue weighted by atomic mass is 19.1. The molecule has 7 heteroatoms. The molecular weight excluding hydrogens is 321 g/mol. The topological polar surface area (TPSA) is 86.2 Å². The van der Waals surface area contributed by atoms with Crippen molar-refractivity contribution in [2.75, 3.05) is 0 Å². The fourth-order valence-electron chi connectivity index (χ4n) is 2.80. The summed E-state index contributed by atoms with van der Waals surface area (Å²) in [6.45, 7) is 1.43. The highest BCUT2D eigenvalue weighted by molar-refractivity contribution is 5.92. The Morgan fingerprint density at radius 3 is 2.88 bits per heavy atom. The van der Waals surface area contributed by atoms with E-state index in [1.807, 2.05) is 6.07 Å². The number of halogens is 1. The van der Waals surface area contributed by atoms with Crippen LogP contribution in [0.15, 0.2) is 48.8 Å². The Bertz CT molecular complexity index is 1120. The van der Waals surface area contributed by atoms with Gasteiger partial charge >= 0.3 is 0 Å². The molecule has 0 radical (unpaired) electrons. The molecule has 6 nitrogen and oxygen atoms in total. The summed E-state index contributed by atoms with van der Waals surface area (Å²) in [7, 11) is 0. The standard InChI is InChI=1S/C18H14FN5O/c1-10(25)14-4-5-17-22-9-16(24(17)23-14)18(20)12-7-11-3-2-6-21-15(11)8-13(12)19/h2-9,18H,20H2,1H3. The molecule has 1 unspecified atom stereocenters. The number of hydrogen-bond donors (Lipinski definition) is 1. The van der Waals surface area contributed by atoms with E-state index in [1.165, 1.54) is 17.5 Å². The molecule has 2 N–H and O–H groups in total.